The number of hydrogen-bond donors (Lipinski definition) is 0. The molecular formula is C19H38O2. The second-order valence-corrected chi connectivity index (χ2v) is 8.06. The van der Waals surface area contributed by atoms with Crippen molar-refractivity contribution in [2.24, 2.45) is 16.7 Å². The van der Waals surface area contributed by atoms with Gasteiger partial charge in [0.1, 0.15) is 0 Å². The van der Waals surface area contributed by atoms with Gasteiger partial charge < -0.3 is 4.74 Å². The van der Waals surface area contributed by atoms with Crippen LogP contribution >= 0.6 is 0 Å². The summed E-state index contributed by atoms with van der Waals surface area (Å²) in [7, 11) is 0. The van der Waals surface area contributed by atoms with E-state index in [0.717, 1.165) is 25.7 Å². The predicted octanol–water partition coefficient (Wildman–Crippen LogP) is 5.99. The largest absolute Gasteiger partial charge is 0.465 e. The van der Waals surface area contributed by atoms with Gasteiger partial charge in [0.25, 0.3) is 0 Å². The maximum absolute atomic E-state index is 12.6. The molecular weight excluding hydrogens is 260 g/mol. The normalized spacial score (nSPS) is 16.3. The van der Waals surface area contributed by atoms with Crippen molar-refractivity contribution in [2.45, 2.75) is 93.4 Å². The van der Waals surface area contributed by atoms with E-state index in [2.05, 4.69) is 48.5 Å². The average Bonchev–Trinajstić information content (AvgIpc) is 2.36. The molecule has 21 heavy (non-hydrogen) atoms. The van der Waals surface area contributed by atoms with Crippen LogP contribution in [0.1, 0.15) is 93.4 Å². The lowest BCUT2D eigenvalue weighted by Crippen LogP contribution is -2.35. The third-order valence-electron chi connectivity index (χ3n) is 4.21. The third-order valence-corrected chi connectivity index (χ3v) is 4.21. The summed E-state index contributed by atoms with van der Waals surface area (Å²) in [6.07, 6.45) is 7.52. The van der Waals surface area contributed by atoms with Crippen LogP contribution in [0.5, 0.6) is 0 Å². The summed E-state index contributed by atoms with van der Waals surface area (Å²) in [5, 5.41) is 0. The first-order valence-corrected chi connectivity index (χ1v) is 8.85. The molecule has 0 rings (SSSR count). The van der Waals surface area contributed by atoms with Gasteiger partial charge in [0.2, 0.25) is 0 Å². The molecule has 2 heteroatoms. The third kappa shape index (κ3) is 8.48. The Morgan fingerprint density at radius 2 is 1.67 bits per heavy atom. The number of hydrogen-bond acceptors (Lipinski definition) is 2. The van der Waals surface area contributed by atoms with E-state index < -0.39 is 0 Å². The number of rotatable bonds is 10. The topological polar surface area (TPSA) is 26.3 Å². The van der Waals surface area contributed by atoms with Crippen molar-refractivity contribution in [3.8, 4) is 0 Å². The fourth-order valence-electron chi connectivity index (χ4n) is 3.25. The van der Waals surface area contributed by atoms with Crippen molar-refractivity contribution in [2.75, 3.05) is 6.61 Å². The highest BCUT2D eigenvalue weighted by atomic mass is 16.5. The van der Waals surface area contributed by atoms with Gasteiger partial charge in [-0.3, -0.25) is 4.79 Å². The van der Waals surface area contributed by atoms with Gasteiger partial charge >= 0.3 is 5.97 Å². The van der Waals surface area contributed by atoms with E-state index >= 15 is 0 Å². The van der Waals surface area contributed by atoms with Crippen molar-refractivity contribution >= 4 is 5.97 Å². The van der Waals surface area contributed by atoms with E-state index in [0.29, 0.717) is 12.5 Å². The van der Waals surface area contributed by atoms with E-state index in [4.69, 9.17) is 4.74 Å². The fourth-order valence-corrected chi connectivity index (χ4v) is 3.25. The monoisotopic (exact) mass is 298 g/mol. The standard InChI is InChI=1S/C19H38O2/c1-8-11-12-16(10-3)14-21-17(20)19(7,13-9-2)15-18(4,5)6/h16H,8-15H2,1-7H3. The van der Waals surface area contributed by atoms with E-state index in [9.17, 15) is 4.79 Å². The van der Waals surface area contributed by atoms with Gasteiger partial charge in [-0.1, -0.05) is 67.2 Å². The summed E-state index contributed by atoms with van der Waals surface area (Å²) < 4.78 is 5.72. The molecule has 0 saturated carbocycles. The molecule has 0 aliphatic rings. The molecule has 2 atom stereocenters. The predicted molar refractivity (Wildman–Crippen MR) is 91.4 cm³/mol. The minimum atomic E-state index is -0.337. The van der Waals surface area contributed by atoms with Crippen LogP contribution in [0.15, 0.2) is 0 Å². The van der Waals surface area contributed by atoms with Crippen LogP contribution in [0.2, 0.25) is 0 Å². The average molecular weight is 299 g/mol. The van der Waals surface area contributed by atoms with E-state index in [1.807, 2.05) is 0 Å². The van der Waals surface area contributed by atoms with E-state index in [1.165, 1.54) is 19.3 Å². The molecule has 0 saturated heterocycles. The second-order valence-electron chi connectivity index (χ2n) is 8.06. The SMILES string of the molecule is CCCCC(CC)COC(=O)C(C)(CCC)CC(C)(C)C. The molecule has 2 nitrogen and oxygen atoms in total. The lowest BCUT2D eigenvalue weighted by atomic mass is 9.72. The van der Waals surface area contributed by atoms with Crippen molar-refractivity contribution < 1.29 is 9.53 Å². The number of carbonyl (C=O) groups is 1. The van der Waals surface area contributed by atoms with E-state index in [-0.39, 0.29) is 16.8 Å². The Balaban J connectivity index is 4.60. The van der Waals surface area contributed by atoms with Crippen LogP contribution in [0.4, 0.5) is 0 Å². The highest BCUT2D eigenvalue weighted by molar-refractivity contribution is 5.76. The Labute approximate surface area is 133 Å². The molecule has 0 aliphatic carbocycles. The maximum atomic E-state index is 12.6. The van der Waals surface area contributed by atoms with Gasteiger partial charge in [0, 0.05) is 0 Å². The summed E-state index contributed by atoms with van der Waals surface area (Å²) in [4.78, 5) is 12.6. The molecule has 126 valence electrons. The minimum Gasteiger partial charge on any atom is -0.465 e. The Morgan fingerprint density at radius 1 is 1.05 bits per heavy atom. The number of carbonyl (C=O) groups excluding carboxylic acids is 1. The molecule has 0 aliphatic heterocycles. The molecule has 0 aromatic heterocycles. The first-order valence-electron chi connectivity index (χ1n) is 8.85. The van der Waals surface area contributed by atoms with Crippen LogP contribution in [0.3, 0.4) is 0 Å². The summed E-state index contributed by atoms with van der Waals surface area (Å²) in [6, 6.07) is 0. The molecule has 2 unspecified atom stereocenters. The Bertz CT molecular complexity index is 290. The van der Waals surface area contributed by atoms with Gasteiger partial charge in [-0.05, 0) is 37.5 Å². The number of unbranched alkanes of at least 4 members (excludes halogenated alkanes) is 1. The lowest BCUT2D eigenvalue weighted by molar-refractivity contribution is -0.159. The minimum absolute atomic E-state index is 0.00854. The van der Waals surface area contributed by atoms with Crippen molar-refractivity contribution in [1.29, 1.82) is 0 Å². The Kier molecular flexibility index (Phi) is 9.24. The zero-order valence-electron chi connectivity index (χ0n) is 15.6. The van der Waals surface area contributed by atoms with Gasteiger partial charge in [0.05, 0.1) is 12.0 Å². The van der Waals surface area contributed by atoms with Gasteiger partial charge in [-0.25, -0.2) is 0 Å². The summed E-state index contributed by atoms with van der Waals surface area (Å²) in [5.74, 6) is 0.531. The quantitative estimate of drug-likeness (QED) is 0.463. The second kappa shape index (κ2) is 9.48. The molecule has 0 N–H and O–H groups in total. The summed E-state index contributed by atoms with van der Waals surface area (Å²) in [6.45, 7) is 15.8. The van der Waals surface area contributed by atoms with Crippen LogP contribution < -0.4 is 0 Å². The smallest absolute Gasteiger partial charge is 0.311 e. The fraction of sp³-hybridized carbons (Fsp3) is 0.947. The zero-order valence-corrected chi connectivity index (χ0v) is 15.6. The van der Waals surface area contributed by atoms with Gasteiger partial charge in [0.15, 0.2) is 0 Å². The lowest BCUT2D eigenvalue weighted by Gasteiger charge is -2.34. The zero-order chi connectivity index (χ0) is 16.5. The molecule has 0 bridgehead atoms. The number of ether oxygens (including phenoxy) is 1. The molecule has 0 fully saturated rings. The summed E-state index contributed by atoms with van der Waals surface area (Å²) in [5.41, 5.74) is -0.189. The maximum Gasteiger partial charge on any atom is 0.311 e. The van der Waals surface area contributed by atoms with Crippen molar-refractivity contribution in [3.05, 3.63) is 0 Å². The molecule has 0 radical (unpaired) electrons. The highest BCUT2D eigenvalue weighted by Gasteiger charge is 2.37. The van der Waals surface area contributed by atoms with Crippen LogP contribution in [-0.2, 0) is 9.53 Å². The highest BCUT2D eigenvalue weighted by Crippen LogP contribution is 2.38. The van der Waals surface area contributed by atoms with Crippen LogP contribution in [-0.4, -0.2) is 12.6 Å². The summed E-state index contributed by atoms with van der Waals surface area (Å²) >= 11 is 0. The Morgan fingerprint density at radius 3 is 2.10 bits per heavy atom. The van der Waals surface area contributed by atoms with Crippen molar-refractivity contribution in [3.63, 3.8) is 0 Å². The molecule has 0 spiro atoms. The molecule has 0 amide bonds. The van der Waals surface area contributed by atoms with Crippen LogP contribution in [0, 0.1) is 16.7 Å². The first kappa shape index (κ1) is 20.5. The van der Waals surface area contributed by atoms with E-state index in [1.54, 1.807) is 0 Å². The number of esters is 1. The Hall–Kier alpha value is -0.530. The van der Waals surface area contributed by atoms with Gasteiger partial charge in [-0.2, -0.15) is 0 Å². The molecule has 0 heterocycles. The molecule has 0 aromatic rings. The van der Waals surface area contributed by atoms with Crippen LogP contribution in [0.25, 0.3) is 0 Å². The first-order chi connectivity index (χ1) is 9.68. The van der Waals surface area contributed by atoms with Crippen molar-refractivity contribution in [1.82, 2.24) is 0 Å². The molecule has 0 aromatic carbocycles. The van der Waals surface area contributed by atoms with Gasteiger partial charge in [-0.15, -0.1) is 0 Å².